The second-order valence-electron chi connectivity index (χ2n) is 8.39. The minimum Gasteiger partial charge on any atom is -0.493 e. The maximum atomic E-state index is 12.8. The van der Waals surface area contributed by atoms with Crippen molar-refractivity contribution in [2.45, 2.75) is 13.5 Å². The molecule has 0 atom stereocenters. The van der Waals surface area contributed by atoms with Crippen molar-refractivity contribution < 1.29 is 28.2 Å². The zero-order valence-corrected chi connectivity index (χ0v) is 20.1. The molecule has 0 N–H and O–H groups in total. The quantitative estimate of drug-likeness (QED) is 0.0907. The van der Waals surface area contributed by atoms with Crippen LogP contribution in [0.4, 0.5) is 0 Å². The van der Waals surface area contributed by atoms with Gasteiger partial charge in [0.05, 0.1) is 18.1 Å². The van der Waals surface area contributed by atoms with Gasteiger partial charge in [0.1, 0.15) is 17.9 Å². The number of rotatable bonds is 7. The van der Waals surface area contributed by atoms with Crippen LogP contribution in [-0.2, 0) is 6.61 Å². The molecular formula is C30H22O7. The van der Waals surface area contributed by atoms with E-state index in [0.717, 1.165) is 5.56 Å². The highest BCUT2D eigenvalue weighted by atomic mass is 16.6. The second-order valence-corrected chi connectivity index (χ2v) is 8.39. The van der Waals surface area contributed by atoms with Gasteiger partial charge in [-0.25, -0.2) is 9.59 Å². The van der Waals surface area contributed by atoms with Gasteiger partial charge in [0, 0.05) is 22.4 Å². The van der Waals surface area contributed by atoms with Gasteiger partial charge in [-0.15, -0.1) is 0 Å². The molecule has 0 saturated heterocycles. The summed E-state index contributed by atoms with van der Waals surface area (Å²) < 4.78 is 22.3. The van der Waals surface area contributed by atoms with E-state index in [2.05, 4.69) is 0 Å². The number of Topliss-reactive ketones (excluding diaryl/α,β-unsaturated/α-hetero) is 1. The van der Waals surface area contributed by atoms with E-state index in [1.165, 1.54) is 26.2 Å². The number of hydrogen-bond acceptors (Lipinski definition) is 7. The smallest absolute Gasteiger partial charge is 0.344 e. The third kappa shape index (κ3) is 4.92. The van der Waals surface area contributed by atoms with Crippen molar-refractivity contribution in [1.82, 2.24) is 0 Å². The normalized spacial score (nSPS) is 10.9. The molecule has 0 unspecified atom stereocenters. The fraction of sp³-hybridized carbons (Fsp3) is 0.100. The molecule has 0 aliphatic rings. The molecule has 0 amide bonds. The molecule has 7 heteroatoms. The Hall–Kier alpha value is -4.91. The van der Waals surface area contributed by atoms with Crippen molar-refractivity contribution in [1.29, 1.82) is 0 Å². The molecule has 1 heterocycles. The van der Waals surface area contributed by atoms with Gasteiger partial charge < -0.3 is 18.6 Å². The van der Waals surface area contributed by atoms with Gasteiger partial charge in [-0.05, 0) is 48.9 Å². The van der Waals surface area contributed by atoms with Gasteiger partial charge >= 0.3 is 11.6 Å². The number of carbonyl (C=O) groups is 2. The maximum absolute atomic E-state index is 12.8. The molecule has 0 aliphatic carbocycles. The molecule has 184 valence electrons. The van der Waals surface area contributed by atoms with E-state index in [9.17, 15) is 14.4 Å². The zero-order valence-electron chi connectivity index (χ0n) is 20.1. The first kappa shape index (κ1) is 23.8. The monoisotopic (exact) mass is 494 g/mol. The minimum absolute atomic E-state index is 0.104. The Kier molecular flexibility index (Phi) is 6.43. The van der Waals surface area contributed by atoms with E-state index in [0.29, 0.717) is 34.3 Å². The summed E-state index contributed by atoms with van der Waals surface area (Å²) in [6.07, 6.45) is 0. The SMILES string of the molecule is COc1cc2c(cc1OC(=O)c1ccc(OCc3ccccc3)cc1)oc(=O)c1cc(C(C)=O)ccc12. The number of methoxy groups -OCH3 is 1. The second kappa shape index (κ2) is 9.99. The van der Waals surface area contributed by atoms with Crippen LogP contribution in [0.2, 0.25) is 0 Å². The van der Waals surface area contributed by atoms with Crippen LogP contribution in [0.1, 0.15) is 33.2 Å². The van der Waals surface area contributed by atoms with E-state index >= 15 is 0 Å². The Morgan fingerprint density at radius 1 is 0.784 bits per heavy atom. The first-order chi connectivity index (χ1) is 17.9. The van der Waals surface area contributed by atoms with E-state index in [1.807, 2.05) is 30.3 Å². The Morgan fingerprint density at radius 2 is 1.51 bits per heavy atom. The first-order valence-electron chi connectivity index (χ1n) is 11.5. The zero-order chi connectivity index (χ0) is 25.9. The van der Waals surface area contributed by atoms with E-state index in [4.69, 9.17) is 18.6 Å². The maximum Gasteiger partial charge on any atom is 0.344 e. The van der Waals surface area contributed by atoms with Crippen LogP contribution in [0.5, 0.6) is 17.2 Å². The highest BCUT2D eigenvalue weighted by Crippen LogP contribution is 2.35. The Morgan fingerprint density at radius 3 is 2.22 bits per heavy atom. The van der Waals surface area contributed by atoms with Crippen LogP contribution in [0.15, 0.2) is 94.1 Å². The summed E-state index contributed by atoms with van der Waals surface area (Å²) in [6.45, 7) is 1.84. The summed E-state index contributed by atoms with van der Waals surface area (Å²) in [7, 11) is 1.45. The largest absolute Gasteiger partial charge is 0.493 e. The van der Waals surface area contributed by atoms with Crippen LogP contribution in [0.3, 0.4) is 0 Å². The molecular weight excluding hydrogens is 472 g/mol. The van der Waals surface area contributed by atoms with Crippen LogP contribution in [0, 0.1) is 0 Å². The van der Waals surface area contributed by atoms with Gasteiger partial charge in [-0.2, -0.15) is 0 Å². The van der Waals surface area contributed by atoms with Crippen LogP contribution < -0.4 is 19.8 Å². The van der Waals surface area contributed by atoms with Crippen molar-refractivity contribution >= 4 is 33.5 Å². The summed E-state index contributed by atoms with van der Waals surface area (Å²) >= 11 is 0. The fourth-order valence-electron chi connectivity index (χ4n) is 3.98. The number of ketones is 1. The molecule has 0 radical (unpaired) electrons. The van der Waals surface area contributed by atoms with Gasteiger partial charge in [-0.1, -0.05) is 42.5 Å². The van der Waals surface area contributed by atoms with Gasteiger partial charge in [0.2, 0.25) is 0 Å². The van der Waals surface area contributed by atoms with Crippen molar-refractivity contribution in [2.75, 3.05) is 7.11 Å². The van der Waals surface area contributed by atoms with Crippen molar-refractivity contribution in [3.05, 3.63) is 112 Å². The van der Waals surface area contributed by atoms with Crippen molar-refractivity contribution in [3.63, 3.8) is 0 Å². The number of ether oxygens (including phenoxy) is 3. The van der Waals surface area contributed by atoms with E-state index < -0.39 is 11.6 Å². The number of fused-ring (bicyclic) bond motifs is 3. The van der Waals surface area contributed by atoms with Crippen LogP contribution in [0.25, 0.3) is 21.7 Å². The number of benzene rings is 4. The molecule has 0 bridgehead atoms. The predicted molar refractivity (Wildman–Crippen MR) is 139 cm³/mol. The molecule has 0 spiro atoms. The van der Waals surface area contributed by atoms with Gasteiger partial charge in [0.25, 0.3) is 0 Å². The Labute approximate surface area is 211 Å². The molecule has 4 aromatic carbocycles. The fourth-order valence-corrected chi connectivity index (χ4v) is 3.98. The summed E-state index contributed by atoms with van der Waals surface area (Å²) in [6, 6.07) is 24.3. The number of carbonyl (C=O) groups excluding carboxylic acids is 2. The number of hydrogen-bond donors (Lipinski definition) is 0. The Balaban J connectivity index is 1.40. The lowest BCUT2D eigenvalue weighted by atomic mass is 10.0. The standard InChI is InChI=1S/C30H22O7/c1-18(31)21-10-13-23-24-15-27(34-2)28(16-26(24)36-30(33)25(23)14-21)37-29(32)20-8-11-22(12-9-20)35-17-19-6-4-3-5-7-19/h3-16H,17H2,1-2H3. The van der Waals surface area contributed by atoms with Gasteiger partial charge in [0.15, 0.2) is 17.3 Å². The minimum atomic E-state index is -0.610. The average Bonchev–Trinajstić information content (AvgIpc) is 2.92. The molecule has 0 fully saturated rings. The highest BCUT2D eigenvalue weighted by Gasteiger charge is 2.17. The molecule has 7 nitrogen and oxygen atoms in total. The lowest BCUT2D eigenvalue weighted by Crippen LogP contribution is -2.09. The third-order valence-corrected chi connectivity index (χ3v) is 5.95. The van der Waals surface area contributed by atoms with Gasteiger partial charge in [-0.3, -0.25) is 4.79 Å². The highest BCUT2D eigenvalue weighted by molar-refractivity contribution is 6.08. The molecule has 5 rings (SSSR count). The van der Waals surface area contributed by atoms with Crippen molar-refractivity contribution in [3.8, 4) is 17.2 Å². The predicted octanol–water partition coefficient (Wildman–Crippen LogP) is 5.96. The lowest BCUT2D eigenvalue weighted by molar-refractivity contribution is 0.0729. The van der Waals surface area contributed by atoms with Crippen LogP contribution in [-0.4, -0.2) is 18.9 Å². The average molecular weight is 494 g/mol. The summed E-state index contributed by atoms with van der Waals surface area (Å²) in [5.41, 5.74) is 1.38. The van der Waals surface area contributed by atoms with E-state index in [-0.39, 0.29) is 28.3 Å². The third-order valence-electron chi connectivity index (χ3n) is 5.95. The molecule has 5 aromatic rings. The topological polar surface area (TPSA) is 92.0 Å². The molecule has 1 aromatic heterocycles. The molecule has 0 saturated carbocycles. The summed E-state index contributed by atoms with van der Waals surface area (Å²) in [4.78, 5) is 37.2. The van der Waals surface area contributed by atoms with Crippen molar-refractivity contribution in [2.24, 2.45) is 0 Å². The lowest BCUT2D eigenvalue weighted by Gasteiger charge is -2.12. The van der Waals surface area contributed by atoms with E-state index in [1.54, 1.807) is 42.5 Å². The first-order valence-corrected chi connectivity index (χ1v) is 11.5. The summed E-state index contributed by atoms with van der Waals surface area (Å²) in [5, 5.41) is 1.46. The number of esters is 1. The Bertz CT molecular complexity index is 1680. The molecule has 0 aliphatic heterocycles. The molecule has 37 heavy (non-hydrogen) atoms. The summed E-state index contributed by atoms with van der Waals surface area (Å²) in [5.74, 6) is 0.241. The van der Waals surface area contributed by atoms with Crippen LogP contribution >= 0.6 is 0 Å².